The van der Waals surface area contributed by atoms with Crippen LogP contribution in [-0.4, -0.2) is 5.11 Å². The number of phenols is 1. The Labute approximate surface area is 88.9 Å². The molecule has 0 bridgehead atoms. The molecule has 0 saturated carbocycles. The Kier molecular flexibility index (Phi) is 2.34. The van der Waals surface area contributed by atoms with Crippen LogP contribution < -0.4 is 5.32 Å². The summed E-state index contributed by atoms with van der Waals surface area (Å²) in [5.74, 6) is 0.287. The zero-order chi connectivity index (χ0) is 10.8. The molecule has 15 heavy (non-hydrogen) atoms. The molecule has 2 N–H and O–H groups in total. The topological polar surface area (TPSA) is 32.3 Å². The van der Waals surface area contributed by atoms with Crippen LogP contribution in [0.3, 0.4) is 0 Å². The van der Waals surface area contributed by atoms with Crippen molar-refractivity contribution in [1.82, 2.24) is 0 Å². The highest BCUT2D eigenvalue weighted by Gasteiger charge is 2.00. The van der Waals surface area contributed by atoms with E-state index in [-0.39, 0.29) is 5.75 Å². The summed E-state index contributed by atoms with van der Waals surface area (Å²) in [6.07, 6.45) is 0. The first-order valence-electron chi connectivity index (χ1n) is 4.81. The van der Waals surface area contributed by atoms with E-state index in [1.165, 1.54) is 0 Å². The highest BCUT2D eigenvalue weighted by Crippen LogP contribution is 2.27. The predicted molar refractivity (Wildman–Crippen MR) is 64.0 cm³/mol. The second-order valence-electron chi connectivity index (χ2n) is 3.62. The van der Waals surface area contributed by atoms with Crippen LogP contribution in [0.2, 0.25) is 0 Å². The molecule has 2 aromatic carbocycles. The lowest BCUT2D eigenvalue weighted by Crippen LogP contribution is -1.93. The Hall–Kier alpha value is -1.96. The summed E-state index contributed by atoms with van der Waals surface area (Å²) < 4.78 is 0. The minimum Gasteiger partial charge on any atom is -0.508 e. The summed E-state index contributed by atoms with van der Waals surface area (Å²) in [5, 5.41) is 14.7. The van der Waals surface area contributed by atoms with Crippen molar-refractivity contribution >= 4 is 16.5 Å². The van der Waals surface area contributed by atoms with Crippen LogP contribution in [0.1, 0.15) is 6.92 Å². The van der Waals surface area contributed by atoms with Gasteiger partial charge in [-0.05, 0) is 36.6 Å². The molecular weight excluding hydrogens is 186 g/mol. The molecule has 0 spiro atoms. The summed E-state index contributed by atoms with van der Waals surface area (Å²) in [4.78, 5) is 0. The van der Waals surface area contributed by atoms with Crippen molar-refractivity contribution in [1.29, 1.82) is 0 Å². The average molecular weight is 199 g/mol. The van der Waals surface area contributed by atoms with Gasteiger partial charge in [0.25, 0.3) is 0 Å². The molecule has 0 unspecified atom stereocenters. The number of anilines is 1. The fraction of sp³-hybridized carbons (Fsp3) is 0.0769. The average Bonchev–Trinajstić information content (AvgIpc) is 2.16. The number of hydrogen-bond acceptors (Lipinski definition) is 2. The van der Waals surface area contributed by atoms with Crippen LogP contribution in [0.4, 0.5) is 5.69 Å². The maximum absolute atomic E-state index is 9.37. The molecule has 0 atom stereocenters. The first-order chi connectivity index (χ1) is 7.16. The largest absolute Gasteiger partial charge is 0.508 e. The lowest BCUT2D eigenvalue weighted by molar-refractivity contribution is 0.476. The van der Waals surface area contributed by atoms with Gasteiger partial charge in [0.15, 0.2) is 0 Å². The number of allylic oxidation sites excluding steroid dienone is 1. The Balaban J connectivity index is 2.60. The highest BCUT2D eigenvalue weighted by molar-refractivity contribution is 5.95. The number of hydrogen-bond donors (Lipinski definition) is 2. The van der Waals surface area contributed by atoms with Gasteiger partial charge in [-0.2, -0.15) is 0 Å². The monoisotopic (exact) mass is 199 g/mol. The molecule has 0 heterocycles. The Morgan fingerprint density at radius 3 is 2.80 bits per heavy atom. The van der Waals surface area contributed by atoms with Crippen LogP contribution >= 0.6 is 0 Å². The smallest absolute Gasteiger partial charge is 0.116 e. The first kappa shape index (κ1) is 9.59. The Morgan fingerprint density at radius 2 is 2.07 bits per heavy atom. The molecule has 2 aromatic rings. The lowest BCUT2D eigenvalue weighted by atomic mass is 10.1. The molecular formula is C13H13NO. The van der Waals surface area contributed by atoms with Crippen LogP contribution in [-0.2, 0) is 0 Å². The van der Waals surface area contributed by atoms with Gasteiger partial charge >= 0.3 is 0 Å². The summed E-state index contributed by atoms with van der Waals surface area (Å²) in [6.45, 7) is 5.73. The van der Waals surface area contributed by atoms with Gasteiger partial charge in [-0.1, -0.05) is 18.7 Å². The van der Waals surface area contributed by atoms with Crippen molar-refractivity contribution in [3.63, 3.8) is 0 Å². The van der Waals surface area contributed by atoms with Crippen molar-refractivity contribution in [2.24, 2.45) is 0 Å². The normalized spacial score (nSPS) is 10.2. The summed E-state index contributed by atoms with van der Waals surface area (Å²) >= 11 is 0. The number of fused-ring (bicyclic) bond motifs is 1. The van der Waals surface area contributed by atoms with E-state index in [2.05, 4.69) is 11.9 Å². The van der Waals surface area contributed by atoms with E-state index in [1.54, 1.807) is 12.1 Å². The summed E-state index contributed by atoms with van der Waals surface area (Å²) in [7, 11) is 0. The van der Waals surface area contributed by atoms with E-state index in [1.807, 2.05) is 31.2 Å². The predicted octanol–water partition coefficient (Wildman–Crippen LogP) is 3.49. The molecule has 0 aliphatic heterocycles. The van der Waals surface area contributed by atoms with Crippen molar-refractivity contribution in [2.45, 2.75) is 6.92 Å². The third-order valence-corrected chi connectivity index (χ3v) is 2.21. The van der Waals surface area contributed by atoms with Crippen molar-refractivity contribution in [3.8, 4) is 5.75 Å². The number of phenolic OH excluding ortho intramolecular Hbond substituents is 1. The Bertz CT molecular complexity index is 517. The van der Waals surface area contributed by atoms with E-state index in [0.29, 0.717) is 0 Å². The molecule has 76 valence electrons. The molecule has 0 aromatic heterocycles. The molecule has 0 radical (unpaired) electrons. The molecule has 0 aliphatic rings. The molecule has 0 amide bonds. The van der Waals surface area contributed by atoms with Gasteiger partial charge in [-0.15, -0.1) is 0 Å². The molecule has 2 nitrogen and oxygen atoms in total. The second-order valence-corrected chi connectivity index (χ2v) is 3.62. The summed E-state index contributed by atoms with van der Waals surface area (Å²) in [6, 6.07) is 11.3. The standard InChI is InChI=1S/C13H13NO/c1-9(2)14-13-5-3-4-10-8-11(15)6-7-12(10)13/h3-8,14-15H,1H2,2H3. The molecule has 0 fully saturated rings. The molecule has 0 aliphatic carbocycles. The minimum atomic E-state index is 0.287. The molecule has 2 rings (SSSR count). The van der Waals surface area contributed by atoms with Crippen LogP contribution in [0.15, 0.2) is 48.7 Å². The van der Waals surface area contributed by atoms with Crippen molar-refractivity contribution < 1.29 is 5.11 Å². The fourth-order valence-corrected chi connectivity index (χ4v) is 1.61. The van der Waals surface area contributed by atoms with Gasteiger partial charge in [0.1, 0.15) is 5.75 Å². The minimum absolute atomic E-state index is 0.287. The number of rotatable bonds is 2. The Morgan fingerprint density at radius 1 is 1.27 bits per heavy atom. The number of aromatic hydroxyl groups is 1. The van der Waals surface area contributed by atoms with Crippen LogP contribution in [0.5, 0.6) is 5.75 Å². The highest BCUT2D eigenvalue weighted by atomic mass is 16.3. The quantitative estimate of drug-likeness (QED) is 0.776. The van der Waals surface area contributed by atoms with E-state index < -0.39 is 0 Å². The molecule has 2 heteroatoms. The van der Waals surface area contributed by atoms with E-state index in [0.717, 1.165) is 22.2 Å². The first-order valence-corrected chi connectivity index (χ1v) is 4.81. The SMILES string of the molecule is C=C(C)Nc1cccc2cc(O)ccc12. The van der Waals surface area contributed by atoms with Gasteiger partial charge < -0.3 is 10.4 Å². The zero-order valence-electron chi connectivity index (χ0n) is 8.62. The van der Waals surface area contributed by atoms with E-state index in [4.69, 9.17) is 0 Å². The van der Waals surface area contributed by atoms with Gasteiger partial charge in [-0.3, -0.25) is 0 Å². The van der Waals surface area contributed by atoms with Crippen molar-refractivity contribution in [3.05, 3.63) is 48.7 Å². The molecule has 0 saturated heterocycles. The number of benzene rings is 2. The van der Waals surface area contributed by atoms with E-state index >= 15 is 0 Å². The fourth-order valence-electron chi connectivity index (χ4n) is 1.61. The second kappa shape index (κ2) is 3.65. The van der Waals surface area contributed by atoms with Crippen LogP contribution in [0.25, 0.3) is 10.8 Å². The van der Waals surface area contributed by atoms with E-state index in [9.17, 15) is 5.11 Å². The maximum Gasteiger partial charge on any atom is 0.116 e. The van der Waals surface area contributed by atoms with Crippen molar-refractivity contribution in [2.75, 3.05) is 5.32 Å². The van der Waals surface area contributed by atoms with Crippen LogP contribution in [0, 0.1) is 0 Å². The third kappa shape index (κ3) is 1.94. The maximum atomic E-state index is 9.37. The zero-order valence-corrected chi connectivity index (χ0v) is 8.62. The van der Waals surface area contributed by atoms with Gasteiger partial charge in [0.05, 0.1) is 0 Å². The van der Waals surface area contributed by atoms with Gasteiger partial charge in [0.2, 0.25) is 0 Å². The summed E-state index contributed by atoms with van der Waals surface area (Å²) in [5.41, 5.74) is 1.91. The third-order valence-electron chi connectivity index (χ3n) is 2.21. The van der Waals surface area contributed by atoms with Gasteiger partial charge in [-0.25, -0.2) is 0 Å². The lowest BCUT2D eigenvalue weighted by Gasteiger charge is -2.09. The number of nitrogens with one attached hydrogen (secondary N) is 1. The van der Waals surface area contributed by atoms with Gasteiger partial charge in [0, 0.05) is 16.8 Å².